The van der Waals surface area contributed by atoms with Crippen molar-refractivity contribution in [2.75, 3.05) is 11.8 Å². The van der Waals surface area contributed by atoms with Gasteiger partial charge in [0.05, 0.1) is 17.8 Å². The molecule has 0 atom stereocenters. The minimum absolute atomic E-state index is 0.0111. The van der Waals surface area contributed by atoms with Gasteiger partial charge in [0, 0.05) is 29.1 Å². The molecule has 0 fully saturated rings. The average Bonchev–Trinajstić information content (AvgIpc) is 2.62. The molecule has 3 rings (SSSR count). The van der Waals surface area contributed by atoms with Crippen LogP contribution in [0.2, 0.25) is 5.02 Å². The van der Waals surface area contributed by atoms with Gasteiger partial charge < -0.3 is 4.74 Å². The van der Waals surface area contributed by atoms with Gasteiger partial charge in [-0.3, -0.25) is 4.72 Å². The highest BCUT2D eigenvalue weighted by Crippen LogP contribution is 2.34. The van der Waals surface area contributed by atoms with Gasteiger partial charge in [0.2, 0.25) is 0 Å². The van der Waals surface area contributed by atoms with Crippen LogP contribution in [0, 0.1) is 6.92 Å². The summed E-state index contributed by atoms with van der Waals surface area (Å²) in [5.41, 5.74) is 2.74. The SMILES string of the molecule is COc1cc(NS(=O)(=O)c2ccccc2Cl)ccc1-c1cncnc1C. The summed E-state index contributed by atoms with van der Waals surface area (Å²) < 4.78 is 33.1. The summed E-state index contributed by atoms with van der Waals surface area (Å²) in [5.74, 6) is 0.502. The highest BCUT2D eigenvalue weighted by atomic mass is 35.5. The standard InChI is InChI=1S/C18H16ClN3O3S/c1-12-15(10-20-11-21-12)14-8-7-13(9-17(14)25-2)22-26(23,24)18-6-4-3-5-16(18)19/h3-11,22H,1-2H3. The van der Waals surface area contributed by atoms with E-state index >= 15 is 0 Å². The largest absolute Gasteiger partial charge is 0.496 e. The van der Waals surface area contributed by atoms with Crippen LogP contribution in [0.5, 0.6) is 5.75 Å². The van der Waals surface area contributed by atoms with Crippen LogP contribution >= 0.6 is 11.6 Å². The van der Waals surface area contributed by atoms with Gasteiger partial charge in [0.15, 0.2) is 0 Å². The molecular weight excluding hydrogens is 374 g/mol. The molecule has 0 unspecified atom stereocenters. The van der Waals surface area contributed by atoms with E-state index < -0.39 is 10.0 Å². The lowest BCUT2D eigenvalue weighted by Gasteiger charge is -2.14. The lowest BCUT2D eigenvalue weighted by Crippen LogP contribution is -2.13. The quantitative estimate of drug-likeness (QED) is 0.715. The van der Waals surface area contributed by atoms with Crippen molar-refractivity contribution >= 4 is 27.3 Å². The molecule has 2 aromatic carbocycles. The van der Waals surface area contributed by atoms with E-state index in [0.717, 1.165) is 16.8 Å². The number of sulfonamides is 1. The van der Waals surface area contributed by atoms with E-state index in [-0.39, 0.29) is 9.92 Å². The molecule has 6 nitrogen and oxygen atoms in total. The molecule has 0 radical (unpaired) electrons. The maximum atomic E-state index is 12.6. The third-order valence-electron chi connectivity index (χ3n) is 3.78. The molecule has 26 heavy (non-hydrogen) atoms. The van der Waals surface area contributed by atoms with Crippen molar-refractivity contribution in [1.29, 1.82) is 0 Å². The first-order valence-electron chi connectivity index (χ1n) is 7.65. The first-order valence-corrected chi connectivity index (χ1v) is 9.51. The van der Waals surface area contributed by atoms with Crippen LogP contribution in [0.15, 0.2) is 59.9 Å². The summed E-state index contributed by atoms with van der Waals surface area (Å²) in [6, 6.07) is 11.3. The van der Waals surface area contributed by atoms with Crippen LogP contribution in [0.1, 0.15) is 5.69 Å². The van der Waals surface area contributed by atoms with Gasteiger partial charge in [0.1, 0.15) is 17.0 Å². The minimum atomic E-state index is -3.82. The number of methoxy groups -OCH3 is 1. The second-order valence-electron chi connectivity index (χ2n) is 5.47. The van der Waals surface area contributed by atoms with E-state index in [4.69, 9.17) is 16.3 Å². The predicted octanol–water partition coefficient (Wildman–Crippen LogP) is 3.91. The summed E-state index contributed by atoms with van der Waals surface area (Å²) in [5, 5.41) is 0.153. The molecule has 0 bridgehead atoms. The van der Waals surface area contributed by atoms with Gasteiger partial charge in [-0.2, -0.15) is 0 Å². The van der Waals surface area contributed by atoms with Crippen LogP contribution in [0.4, 0.5) is 5.69 Å². The molecule has 3 aromatic rings. The molecule has 0 aliphatic rings. The summed E-state index contributed by atoms with van der Waals surface area (Å²) in [6.45, 7) is 1.87. The Hall–Kier alpha value is -2.64. The lowest BCUT2D eigenvalue weighted by atomic mass is 10.0. The molecule has 0 spiro atoms. The molecule has 0 amide bonds. The summed E-state index contributed by atoms with van der Waals surface area (Å²) in [6.07, 6.45) is 3.16. The highest BCUT2D eigenvalue weighted by Gasteiger charge is 2.18. The number of anilines is 1. The van der Waals surface area contributed by atoms with E-state index in [1.807, 2.05) is 6.92 Å². The Bertz CT molecular complexity index is 1060. The maximum absolute atomic E-state index is 12.6. The average molecular weight is 390 g/mol. The van der Waals surface area contributed by atoms with E-state index in [1.165, 1.54) is 25.6 Å². The van der Waals surface area contributed by atoms with E-state index in [9.17, 15) is 8.42 Å². The van der Waals surface area contributed by atoms with Gasteiger partial charge in [-0.1, -0.05) is 23.7 Å². The molecule has 1 heterocycles. The van der Waals surface area contributed by atoms with Crippen molar-refractivity contribution in [2.24, 2.45) is 0 Å². The van der Waals surface area contributed by atoms with Gasteiger partial charge in [-0.25, -0.2) is 18.4 Å². The summed E-state index contributed by atoms with van der Waals surface area (Å²) >= 11 is 6.00. The van der Waals surface area contributed by atoms with Gasteiger partial charge >= 0.3 is 0 Å². The van der Waals surface area contributed by atoms with Crippen LogP contribution in [-0.2, 0) is 10.0 Å². The fourth-order valence-electron chi connectivity index (χ4n) is 2.51. The second-order valence-corrected chi connectivity index (χ2v) is 7.53. The zero-order valence-electron chi connectivity index (χ0n) is 14.1. The maximum Gasteiger partial charge on any atom is 0.263 e. The number of aromatic nitrogens is 2. The molecule has 1 aromatic heterocycles. The smallest absolute Gasteiger partial charge is 0.263 e. The summed E-state index contributed by atoms with van der Waals surface area (Å²) in [4.78, 5) is 8.22. The van der Waals surface area contributed by atoms with E-state index in [2.05, 4.69) is 14.7 Å². The van der Waals surface area contributed by atoms with Crippen molar-refractivity contribution < 1.29 is 13.2 Å². The first kappa shape index (κ1) is 18.2. The second kappa shape index (κ2) is 7.31. The predicted molar refractivity (Wildman–Crippen MR) is 101 cm³/mol. The molecular formula is C18H16ClN3O3S. The fraction of sp³-hybridized carbons (Fsp3) is 0.111. The number of rotatable bonds is 5. The fourth-order valence-corrected chi connectivity index (χ4v) is 4.08. The zero-order valence-corrected chi connectivity index (χ0v) is 15.7. The Morgan fingerprint density at radius 1 is 1.12 bits per heavy atom. The number of halogens is 1. The number of hydrogen-bond acceptors (Lipinski definition) is 5. The number of aryl methyl sites for hydroxylation is 1. The molecule has 1 N–H and O–H groups in total. The Balaban J connectivity index is 1.98. The van der Waals surface area contributed by atoms with Crippen molar-refractivity contribution in [3.05, 3.63) is 65.7 Å². The first-order chi connectivity index (χ1) is 12.4. The zero-order chi connectivity index (χ0) is 18.7. The van der Waals surface area contributed by atoms with Crippen LogP contribution in [0.3, 0.4) is 0 Å². The Morgan fingerprint density at radius 2 is 1.88 bits per heavy atom. The van der Waals surface area contributed by atoms with E-state index in [1.54, 1.807) is 36.5 Å². The van der Waals surface area contributed by atoms with Crippen LogP contribution < -0.4 is 9.46 Å². The van der Waals surface area contributed by atoms with Gasteiger partial charge in [0.25, 0.3) is 10.0 Å². The number of nitrogens with zero attached hydrogens (tertiary/aromatic N) is 2. The van der Waals surface area contributed by atoms with Crippen molar-refractivity contribution in [2.45, 2.75) is 11.8 Å². The van der Waals surface area contributed by atoms with Crippen molar-refractivity contribution in [3.63, 3.8) is 0 Å². The van der Waals surface area contributed by atoms with Crippen LogP contribution in [-0.4, -0.2) is 25.5 Å². The Morgan fingerprint density at radius 3 is 2.58 bits per heavy atom. The normalized spacial score (nSPS) is 11.2. The molecule has 8 heteroatoms. The van der Waals surface area contributed by atoms with Gasteiger partial charge in [-0.15, -0.1) is 0 Å². The third-order valence-corrected chi connectivity index (χ3v) is 5.66. The van der Waals surface area contributed by atoms with E-state index in [0.29, 0.717) is 11.4 Å². The molecule has 134 valence electrons. The molecule has 0 aliphatic heterocycles. The number of ether oxygens (including phenoxy) is 1. The molecule has 0 saturated heterocycles. The van der Waals surface area contributed by atoms with Crippen molar-refractivity contribution in [3.8, 4) is 16.9 Å². The van der Waals surface area contributed by atoms with Crippen molar-refractivity contribution in [1.82, 2.24) is 9.97 Å². The Kier molecular flexibility index (Phi) is 5.11. The van der Waals surface area contributed by atoms with Gasteiger partial charge in [-0.05, 0) is 31.2 Å². The topological polar surface area (TPSA) is 81.2 Å². The highest BCUT2D eigenvalue weighted by molar-refractivity contribution is 7.92. The molecule has 0 saturated carbocycles. The number of hydrogen-bond donors (Lipinski definition) is 1. The minimum Gasteiger partial charge on any atom is -0.496 e. The summed E-state index contributed by atoms with van der Waals surface area (Å²) in [7, 11) is -2.30. The van der Waals surface area contributed by atoms with Crippen LogP contribution in [0.25, 0.3) is 11.1 Å². The number of nitrogens with one attached hydrogen (secondary N) is 1. The third kappa shape index (κ3) is 3.63. The monoisotopic (exact) mass is 389 g/mol. The molecule has 0 aliphatic carbocycles. The Labute approximate surface area is 156 Å². The number of benzene rings is 2. The lowest BCUT2D eigenvalue weighted by molar-refractivity contribution is 0.416.